The Hall–Kier alpha value is -3.05. The molecule has 1 atom stereocenters. The highest BCUT2D eigenvalue weighted by molar-refractivity contribution is 5.95. The lowest BCUT2D eigenvalue weighted by molar-refractivity contribution is 0.0942. The van der Waals surface area contributed by atoms with Crippen LogP contribution in [0.15, 0.2) is 60.7 Å². The normalized spacial score (nSPS) is 12.0. The summed E-state index contributed by atoms with van der Waals surface area (Å²) in [6.07, 6.45) is 0. The molecule has 0 aliphatic carbocycles. The van der Waals surface area contributed by atoms with Crippen molar-refractivity contribution < 1.29 is 4.79 Å². The Labute approximate surface area is 166 Å². The summed E-state index contributed by atoms with van der Waals surface area (Å²) >= 11 is 0. The molecule has 5 nitrogen and oxygen atoms in total. The van der Waals surface area contributed by atoms with Crippen molar-refractivity contribution in [3.63, 3.8) is 0 Å². The van der Waals surface area contributed by atoms with E-state index in [4.69, 9.17) is 0 Å². The Morgan fingerprint density at radius 2 is 1.79 bits per heavy atom. The van der Waals surface area contributed by atoms with E-state index in [2.05, 4.69) is 39.5 Å². The molecular weight excluding hydrogens is 348 g/mol. The monoisotopic (exact) mass is 374 g/mol. The number of aryl methyl sites for hydroxylation is 2. The van der Waals surface area contributed by atoms with Crippen LogP contribution in [-0.4, -0.2) is 41.6 Å². The van der Waals surface area contributed by atoms with E-state index in [0.29, 0.717) is 12.1 Å². The molecule has 0 fully saturated rings. The molecular formula is C23H26N4O. The fourth-order valence-electron chi connectivity index (χ4n) is 3.20. The topological polar surface area (TPSA) is 58.1 Å². The molecule has 2 aromatic carbocycles. The van der Waals surface area contributed by atoms with Gasteiger partial charge in [0.1, 0.15) is 0 Å². The molecule has 144 valence electrons. The number of amides is 1. The maximum atomic E-state index is 12.8. The first-order chi connectivity index (χ1) is 13.5. The van der Waals surface area contributed by atoms with Crippen LogP contribution >= 0.6 is 0 Å². The van der Waals surface area contributed by atoms with E-state index in [1.807, 2.05) is 69.6 Å². The highest BCUT2D eigenvalue weighted by Gasteiger charge is 2.17. The van der Waals surface area contributed by atoms with Gasteiger partial charge in [0.2, 0.25) is 0 Å². The predicted octanol–water partition coefficient (Wildman–Crippen LogP) is 3.79. The molecule has 0 saturated heterocycles. The number of nitrogens with zero attached hydrogens (tertiary/aromatic N) is 3. The number of carbonyl (C=O) groups is 1. The fourth-order valence-corrected chi connectivity index (χ4v) is 3.20. The van der Waals surface area contributed by atoms with E-state index in [1.54, 1.807) is 0 Å². The van der Waals surface area contributed by atoms with Gasteiger partial charge < -0.3 is 10.2 Å². The van der Waals surface area contributed by atoms with Crippen molar-refractivity contribution in [1.82, 2.24) is 20.4 Å². The number of aromatic nitrogens is 2. The molecule has 1 unspecified atom stereocenters. The number of nitrogens with one attached hydrogen (secondary N) is 1. The minimum absolute atomic E-state index is 0.0950. The van der Waals surface area contributed by atoms with Gasteiger partial charge in [-0.15, -0.1) is 0 Å². The first kappa shape index (κ1) is 19.7. The molecule has 5 heteroatoms. The van der Waals surface area contributed by atoms with Crippen molar-refractivity contribution in [2.75, 3.05) is 20.6 Å². The van der Waals surface area contributed by atoms with Crippen LogP contribution in [0.3, 0.4) is 0 Å². The molecule has 3 rings (SSSR count). The summed E-state index contributed by atoms with van der Waals surface area (Å²) in [6, 6.07) is 19.7. The lowest BCUT2D eigenvalue weighted by Gasteiger charge is -2.26. The van der Waals surface area contributed by atoms with E-state index < -0.39 is 0 Å². The van der Waals surface area contributed by atoms with Gasteiger partial charge in [-0.05, 0) is 63.3 Å². The van der Waals surface area contributed by atoms with Crippen LogP contribution in [0.2, 0.25) is 0 Å². The van der Waals surface area contributed by atoms with Crippen LogP contribution in [0.5, 0.6) is 0 Å². The van der Waals surface area contributed by atoms with Gasteiger partial charge in [-0.1, -0.05) is 36.4 Å². The number of benzene rings is 2. The minimum Gasteiger partial charge on any atom is -0.350 e. The summed E-state index contributed by atoms with van der Waals surface area (Å²) in [5, 5.41) is 11.4. The highest BCUT2D eigenvalue weighted by Crippen LogP contribution is 2.22. The number of likely N-dealkylation sites (N-methyl/N-ethyl adjacent to an activating group) is 1. The van der Waals surface area contributed by atoms with Gasteiger partial charge in [0.05, 0.1) is 17.4 Å². The second-order valence-corrected chi connectivity index (χ2v) is 7.19. The van der Waals surface area contributed by atoms with Crippen molar-refractivity contribution >= 4 is 5.91 Å². The van der Waals surface area contributed by atoms with Gasteiger partial charge in [0.15, 0.2) is 0 Å². The average molecular weight is 374 g/mol. The quantitative estimate of drug-likeness (QED) is 0.713. The molecule has 0 saturated carbocycles. The van der Waals surface area contributed by atoms with E-state index in [1.165, 1.54) is 11.1 Å². The first-order valence-electron chi connectivity index (χ1n) is 9.36. The van der Waals surface area contributed by atoms with Gasteiger partial charge in [-0.25, -0.2) is 0 Å². The number of hydrogen-bond donors (Lipinski definition) is 1. The third-order valence-electron chi connectivity index (χ3n) is 4.85. The molecule has 0 spiro atoms. The third kappa shape index (κ3) is 4.61. The summed E-state index contributed by atoms with van der Waals surface area (Å²) in [5.41, 5.74) is 5.55. The van der Waals surface area contributed by atoms with E-state index in [-0.39, 0.29) is 11.9 Å². The second-order valence-electron chi connectivity index (χ2n) is 7.19. The van der Waals surface area contributed by atoms with Crippen molar-refractivity contribution in [1.29, 1.82) is 0 Å². The van der Waals surface area contributed by atoms with Crippen LogP contribution < -0.4 is 5.32 Å². The Morgan fingerprint density at radius 3 is 2.46 bits per heavy atom. The molecule has 1 heterocycles. The summed E-state index contributed by atoms with van der Waals surface area (Å²) in [5.74, 6) is -0.0950. The van der Waals surface area contributed by atoms with E-state index >= 15 is 0 Å². The molecule has 1 N–H and O–H groups in total. The van der Waals surface area contributed by atoms with Crippen molar-refractivity contribution in [3.8, 4) is 11.3 Å². The molecule has 3 aromatic rings. The zero-order chi connectivity index (χ0) is 20.1. The Kier molecular flexibility index (Phi) is 6.16. The molecule has 1 amide bonds. The van der Waals surface area contributed by atoms with Gasteiger partial charge in [-0.2, -0.15) is 10.2 Å². The van der Waals surface area contributed by atoms with Crippen LogP contribution in [0.4, 0.5) is 0 Å². The van der Waals surface area contributed by atoms with Crippen LogP contribution in [0.1, 0.15) is 33.2 Å². The van der Waals surface area contributed by atoms with E-state index in [0.717, 1.165) is 17.0 Å². The summed E-state index contributed by atoms with van der Waals surface area (Å²) < 4.78 is 0. The maximum absolute atomic E-state index is 12.8. The lowest BCUT2D eigenvalue weighted by Crippen LogP contribution is -2.34. The highest BCUT2D eigenvalue weighted by atomic mass is 16.1. The molecule has 1 aromatic heterocycles. The van der Waals surface area contributed by atoms with Crippen molar-refractivity contribution in [3.05, 3.63) is 83.0 Å². The third-order valence-corrected chi connectivity index (χ3v) is 4.85. The maximum Gasteiger partial charge on any atom is 0.251 e. The zero-order valence-electron chi connectivity index (χ0n) is 16.8. The number of carbonyl (C=O) groups excluding carboxylic acids is 1. The zero-order valence-corrected chi connectivity index (χ0v) is 16.8. The van der Waals surface area contributed by atoms with E-state index in [9.17, 15) is 4.79 Å². The van der Waals surface area contributed by atoms with Gasteiger partial charge in [-0.3, -0.25) is 4.79 Å². The summed E-state index contributed by atoms with van der Waals surface area (Å²) in [7, 11) is 4.06. The van der Waals surface area contributed by atoms with Crippen LogP contribution in [0.25, 0.3) is 11.3 Å². The molecule has 28 heavy (non-hydrogen) atoms. The first-order valence-corrected chi connectivity index (χ1v) is 9.36. The van der Waals surface area contributed by atoms with Crippen LogP contribution in [0, 0.1) is 13.8 Å². The molecule has 0 aliphatic heterocycles. The Bertz CT molecular complexity index is 951. The van der Waals surface area contributed by atoms with Crippen molar-refractivity contribution in [2.45, 2.75) is 19.9 Å². The largest absolute Gasteiger partial charge is 0.350 e. The second kappa shape index (κ2) is 8.76. The number of hydrogen-bond acceptors (Lipinski definition) is 4. The summed E-state index contributed by atoms with van der Waals surface area (Å²) in [4.78, 5) is 14.9. The van der Waals surface area contributed by atoms with Crippen LogP contribution in [-0.2, 0) is 0 Å². The number of rotatable bonds is 6. The molecule has 0 bridgehead atoms. The molecule has 0 aliphatic rings. The smallest absolute Gasteiger partial charge is 0.251 e. The predicted molar refractivity (Wildman–Crippen MR) is 112 cm³/mol. The minimum atomic E-state index is -0.0950. The summed E-state index contributed by atoms with van der Waals surface area (Å²) in [6.45, 7) is 4.53. The fraction of sp³-hybridized carbons (Fsp3) is 0.261. The van der Waals surface area contributed by atoms with Gasteiger partial charge in [0.25, 0.3) is 5.91 Å². The SMILES string of the molecule is Cc1ccc(-c2cccc(C(=O)NCC(c3ccccc3C)N(C)C)c2)nn1. The Balaban J connectivity index is 1.74. The standard InChI is InChI=1S/C23H26N4O/c1-16-8-5-6-11-20(16)22(27(3)4)15-24-23(28)19-10-7-9-18(14-19)21-13-12-17(2)25-26-21/h5-14,22H,15H2,1-4H3,(H,24,28). The van der Waals surface area contributed by atoms with Gasteiger partial charge in [0, 0.05) is 17.7 Å². The molecule has 0 radical (unpaired) electrons. The van der Waals surface area contributed by atoms with Crippen molar-refractivity contribution in [2.24, 2.45) is 0 Å². The Morgan fingerprint density at radius 1 is 1.00 bits per heavy atom. The average Bonchev–Trinajstić information content (AvgIpc) is 2.69. The lowest BCUT2D eigenvalue weighted by atomic mass is 10.00. The van der Waals surface area contributed by atoms with Gasteiger partial charge >= 0.3 is 0 Å².